The lowest BCUT2D eigenvalue weighted by Gasteiger charge is -2.17. The number of halogens is 3. The normalized spacial score (nSPS) is 12.8. The van der Waals surface area contributed by atoms with Crippen molar-refractivity contribution in [3.05, 3.63) is 42.1 Å². The SMILES string of the molecule is CC(Oc1ccccc1C(F)(F)F)C(=O)Nc1ccn(C)n1. The number of rotatable bonds is 4. The minimum atomic E-state index is -4.55. The monoisotopic (exact) mass is 313 g/mol. The molecule has 0 saturated carbocycles. The van der Waals surface area contributed by atoms with E-state index in [1.165, 1.54) is 29.8 Å². The number of ether oxygens (including phenoxy) is 1. The number of amides is 1. The number of aromatic nitrogens is 2. The number of alkyl halides is 3. The van der Waals surface area contributed by atoms with Crippen molar-refractivity contribution in [2.75, 3.05) is 5.32 Å². The minimum Gasteiger partial charge on any atom is -0.480 e. The van der Waals surface area contributed by atoms with Crippen molar-refractivity contribution in [1.29, 1.82) is 0 Å². The molecular formula is C14H14F3N3O2. The van der Waals surface area contributed by atoms with E-state index in [0.29, 0.717) is 5.82 Å². The second-order valence-corrected chi connectivity index (χ2v) is 4.62. The van der Waals surface area contributed by atoms with E-state index in [2.05, 4.69) is 10.4 Å². The summed E-state index contributed by atoms with van der Waals surface area (Å²) >= 11 is 0. The molecule has 0 spiro atoms. The third-order valence-corrected chi connectivity index (χ3v) is 2.83. The van der Waals surface area contributed by atoms with Crippen molar-refractivity contribution in [2.45, 2.75) is 19.2 Å². The van der Waals surface area contributed by atoms with Gasteiger partial charge in [-0.05, 0) is 19.1 Å². The predicted octanol–water partition coefficient (Wildman–Crippen LogP) is 2.84. The molecule has 1 aromatic heterocycles. The molecule has 22 heavy (non-hydrogen) atoms. The standard InChI is InChI=1S/C14H14F3N3O2/c1-9(13(21)18-12-7-8-20(2)19-12)22-11-6-4-3-5-10(11)14(15,16)17/h3-9H,1-2H3,(H,18,19,21). The average molecular weight is 313 g/mol. The molecule has 0 radical (unpaired) electrons. The van der Waals surface area contributed by atoms with Crippen molar-refractivity contribution in [1.82, 2.24) is 9.78 Å². The topological polar surface area (TPSA) is 56.1 Å². The maximum atomic E-state index is 12.9. The van der Waals surface area contributed by atoms with Crippen molar-refractivity contribution in [3.8, 4) is 5.75 Å². The minimum absolute atomic E-state index is 0.298. The summed E-state index contributed by atoms with van der Waals surface area (Å²) in [5, 5.41) is 6.41. The number of nitrogens with zero attached hydrogens (tertiary/aromatic N) is 2. The molecule has 8 heteroatoms. The summed E-state index contributed by atoms with van der Waals surface area (Å²) in [6, 6.07) is 6.31. The maximum Gasteiger partial charge on any atom is 0.419 e. The zero-order valence-corrected chi connectivity index (χ0v) is 11.9. The van der Waals surface area contributed by atoms with Crippen LogP contribution in [0, 0.1) is 0 Å². The molecule has 0 fully saturated rings. The first-order valence-corrected chi connectivity index (χ1v) is 6.41. The molecule has 1 heterocycles. The molecular weight excluding hydrogens is 299 g/mol. The first kappa shape index (κ1) is 15.9. The lowest BCUT2D eigenvalue weighted by molar-refractivity contribution is -0.140. The highest BCUT2D eigenvalue weighted by molar-refractivity contribution is 5.93. The van der Waals surface area contributed by atoms with Crippen molar-refractivity contribution in [2.24, 2.45) is 7.05 Å². The molecule has 0 aliphatic carbocycles. The Labute approximate surface area is 124 Å². The molecule has 1 amide bonds. The van der Waals surface area contributed by atoms with E-state index in [1.54, 1.807) is 19.3 Å². The summed E-state index contributed by atoms with van der Waals surface area (Å²) in [7, 11) is 1.68. The Morgan fingerprint density at radius 3 is 2.59 bits per heavy atom. The van der Waals surface area contributed by atoms with E-state index < -0.39 is 29.5 Å². The van der Waals surface area contributed by atoms with Gasteiger partial charge in [0.15, 0.2) is 11.9 Å². The first-order valence-electron chi connectivity index (χ1n) is 6.41. The molecule has 5 nitrogen and oxygen atoms in total. The van der Waals surface area contributed by atoms with E-state index in [9.17, 15) is 18.0 Å². The molecule has 0 aliphatic rings. The van der Waals surface area contributed by atoms with Gasteiger partial charge in [-0.15, -0.1) is 0 Å². The number of anilines is 1. The Bertz CT molecular complexity index is 667. The van der Waals surface area contributed by atoms with Crippen LogP contribution in [0.15, 0.2) is 36.5 Å². The smallest absolute Gasteiger partial charge is 0.419 e. The highest BCUT2D eigenvalue weighted by Crippen LogP contribution is 2.36. The van der Waals surface area contributed by atoms with Gasteiger partial charge < -0.3 is 10.1 Å². The Balaban J connectivity index is 2.09. The molecule has 2 aromatic rings. The number of hydrogen-bond donors (Lipinski definition) is 1. The summed E-state index contributed by atoms with van der Waals surface area (Å²) in [6.45, 7) is 1.37. The summed E-state index contributed by atoms with van der Waals surface area (Å²) in [5.74, 6) is -0.679. The van der Waals surface area contributed by atoms with E-state index in [0.717, 1.165) is 6.07 Å². The third-order valence-electron chi connectivity index (χ3n) is 2.83. The zero-order chi connectivity index (χ0) is 16.3. The summed E-state index contributed by atoms with van der Waals surface area (Å²) < 4.78 is 45.2. The zero-order valence-electron chi connectivity index (χ0n) is 11.9. The van der Waals surface area contributed by atoms with Gasteiger partial charge in [-0.3, -0.25) is 9.48 Å². The molecule has 2 rings (SSSR count). The van der Waals surface area contributed by atoms with Crippen LogP contribution < -0.4 is 10.1 Å². The number of hydrogen-bond acceptors (Lipinski definition) is 3. The second-order valence-electron chi connectivity index (χ2n) is 4.62. The van der Waals surface area contributed by atoms with Crippen LogP contribution in [0.3, 0.4) is 0 Å². The Morgan fingerprint density at radius 2 is 2.00 bits per heavy atom. The van der Waals surface area contributed by atoms with Gasteiger partial charge in [-0.1, -0.05) is 12.1 Å². The van der Waals surface area contributed by atoms with Crippen LogP contribution in [0.2, 0.25) is 0 Å². The fourth-order valence-corrected chi connectivity index (χ4v) is 1.76. The largest absolute Gasteiger partial charge is 0.480 e. The summed E-state index contributed by atoms with van der Waals surface area (Å²) in [4.78, 5) is 11.9. The van der Waals surface area contributed by atoms with Gasteiger partial charge in [0.25, 0.3) is 5.91 Å². The molecule has 0 saturated heterocycles. The number of carbonyl (C=O) groups is 1. The van der Waals surface area contributed by atoms with Crippen molar-refractivity contribution >= 4 is 11.7 Å². The van der Waals surface area contributed by atoms with Crippen LogP contribution in [0.25, 0.3) is 0 Å². The maximum absolute atomic E-state index is 12.9. The van der Waals surface area contributed by atoms with E-state index in [-0.39, 0.29) is 0 Å². The number of nitrogens with one attached hydrogen (secondary N) is 1. The number of carbonyl (C=O) groups excluding carboxylic acids is 1. The lowest BCUT2D eigenvalue weighted by Crippen LogP contribution is -2.31. The quantitative estimate of drug-likeness (QED) is 0.944. The van der Waals surface area contributed by atoms with E-state index >= 15 is 0 Å². The van der Waals surface area contributed by atoms with Crippen LogP contribution in [-0.2, 0) is 18.0 Å². The molecule has 118 valence electrons. The Morgan fingerprint density at radius 1 is 1.32 bits per heavy atom. The van der Waals surface area contributed by atoms with Crippen molar-refractivity contribution in [3.63, 3.8) is 0 Å². The van der Waals surface area contributed by atoms with Gasteiger partial charge >= 0.3 is 6.18 Å². The number of para-hydroxylation sites is 1. The number of benzene rings is 1. The summed E-state index contributed by atoms with van der Waals surface area (Å²) in [5.41, 5.74) is -0.924. The van der Waals surface area contributed by atoms with Gasteiger partial charge in [-0.25, -0.2) is 0 Å². The van der Waals surface area contributed by atoms with E-state index in [4.69, 9.17) is 4.74 Å². The highest BCUT2D eigenvalue weighted by Gasteiger charge is 2.34. The molecule has 1 N–H and O–H groups in total. The van der Waals surface area contributed by atoms with Gasteiger partial charge in [-0.2, -0.15) is 18.3 Å². The van der Waals surface area contributed by atoms with Crippen LogP contribution in [0.5, 0.6) is 5.75 Å². The molecule has 1 aromatic carbocycles. The van der Waals surface area contributed by atoms with Gasteiger partial charge in [0.2, 0.25) is 0 Å². The first-order chi connectivity index (χ1) is 10.3. The van der Waals surface area contributed by atoms with Gasteiger partial charge in [0.1, 0.15) is 5.75 Å². The molecule has 0 aliphatic heterocycles. The predicted molar refractivity (Wildman–Crippen MR) is 73.4 cm³/mol. The average Bonchev–Trinajstić information content (AvgIpc) is 2.83. The summed E-state index contributed by atoms with van der Waals surface area (Å²) in [6.07, 6.45) is -4.03. The molecule has 1 atom stereocenters. The van der Waals surface area contributed by atoms with Crippen LogP contribution in [0.4, 0.5) is 19.0 Å². The number of aryl methyl sites for hydroxylation is 1. The van der Waals surface area contributed by atoms with E-state index in [1.807, 2.05) is 0 Å². The molecule has 1 unspecified atom stereocenters. The Hall–Kier alpha value is -2.51. The fourth-order valence-electron chi connectivity index (χ4n) is 1.76. The van der Waals surface area contributed by atoms with Crippen LogP contribution in [-0.4, -0.2) is 21.8 Å². The van der Waals surface area contributed by atoms with Crippen molar-refractivity contribution < 1.29 is 22.7 Å². The highest BCUT2D eigenvalue weighted by atomic mass is 19.4. The van der Waals surface area contributed by atoms with Crippen LogP contribution in [0.1, 0.15) is 12.5 Å². The molecule has 0 bridgehead atoms. The fraction of sp³-hybridized carbons (Fsp3) is 0.286. The van der Waals surface area contributed by atoms with Crippen LogP contribution >= 0.6 is 0 Å². The third kappa shape index (κ3) is 3.78. The second kappa shape index (κ2) is 6.08. The van der Waals surface area contributed by atoms with Gasteiger partial charge in [0.05, 0.1) is 5.56 Å². The lowest BCUT2D eigenvalue weighted by atomic mass is 10.2. The van der Waals surface area contributed by atoms with Gasteiger partial charge in [0, 0.05) is 19.3 Å². The Kier molecular flexibility index (Phi) is 4.39.